The van der Waals surface area contributed by atoms with Gasteiger partial charge in [0, 0.05) is 25.6 Å². The van der Waals surface area contributed by atoms with Crippen LogP contribution in [0.25, 0.3) is 0 Å². The van der Waals surface area contributed by atoms with E-state index >= 15 is 0 Å². The normalized spacial score (nSPS) is 19.4. The molecule has 1 aromatic rings. The topological polar surface area (TPSA) is 49.6 Å². The van der Waals surface area contributed by atoms with Gasteiger partial charge in [0.1, 0.15) is 11.3 Å². The smallest absolute Gasteiger partial charge is 0.259 e. The third-order valence-electron chi connectivity index (χ3n) is 3.98. The van der Waals surface area contributed by atoms with Crippen molar-refractivity contribution in [1.29, 1.82) is 0 Å². The van der Waals surface area contributed by atoms with Crippen molar-refractivity contribution in [3.8, 4) is 0 Å². The first-order valence-electron chi connectivity index (χ1n) is 7.18. The molecule has 0 N–H and O–H groups in total. The molecule has 0 radical (unpaired) electrons. The van der Waals surface area contributed by atoms with Crippen LogP contribution in [0.15, 0.2) is 10.7 Å². The largest absolute Gasteiger partial charge is 0.361 e. The molecule has 1 atom stereocenters. The van der Waals surface area contributed by atoms with Crippen molar-refractivity contribution in [1.82, 2.24) is 15.0 Å². The molecule has 0 saturated carbocycles. The summed E-state index contributed by atoms with van der Waals surface area (Å²) in [4.78, 5) is 16.8. The van der Waals surface area contributed by atoms with Gasteiger partial charge in [-0.2, -0.15) is 0 Å². The number of carbonyl (C=O) groups is 1. The molecule has 19 heavy (non-hydrogen) atoms. The highest BCUT2D eigenvalue weighted by Crippen LogP contribution is 2.19. The number of rotatable bonds is 5. The molecule has 1 aliphatic rings. The van der Waals surface area contributed by atoms with Gasteiger partial charge in [0.15, 0.2) is 0 Å². The summed E-state index contributed by atoms with van der Waals surface area (Å²) in [7, 11) is 0. The molecule has 0 aromatic carbocycles. The summed E-state index contributed by atoms with van der Waals surface area (Å²) in [6.07, 6.45) is 3.31. The number of carbonyl (C=O) groups excluding carboxylic acids is 1. The Labute approximate surface area is 114 Å². The Morgan fingerprint density at radius 3 is 2.84 bits per heavy atom. The zero-order chi connectivity index (χ0) is 13.8. The molecule has 1 saturated heterocycles. The maximum Gasteiger partial charge on any atom is 0.259 e. The summed E-state index contributed by atoms with van der Waals surface area (Å²) in [6, 6.07) is 0.490. The first kappa shape index (κ1) is 14.1. The van der Waals surface area contributed by atoms with E-state index in [4.69, 9.17) is 4.52 Å². The Bertz CT molecular complexity index is 426. The van der Waals surface area contributed by atoms with Crippen molar-refractivity contribution in [2.45, 2.75) is 39.7 Å². The minimum Gasteiger partial charge on any atom is -0.361 e. The highest BCUT2D eigenvalue weighted by molar-refractivity contribution is 5.95. The van der Waals surface area contributed by atoms with Crippen LogP contribution in [0, 0.1) is 0 Å². The zero-order valence-corrected chi connectivity index (χ0v) is 12.1. The molecule has 1 aromatic heterocycles. The molecule has 1 fully saturated rings. The quantitative estimate of drug-likeness (QED) is 0.814. The molecule has 0 unspecified atom stereocenters. The summed E-state index contributed by atoms with van der Waals surface area (Å²) in [5.41, 5.74) is 0.627. The Kier molecular flexibility index (Phi) is 4.58. The predicted molar refractivity (Wildman–Crippen MR) is 73.1 cm³/mol. The summed E-state index contributed by atoms with van der Waals surface area (Å²) >= 11 is 0. The van der Waals surface area contributed by atoms with E-state index in [1.807, 2.05) is 11.8 Å². The molecule has 0 aliphatic carbocycles. The van der Waals surface area contributed by atoms with Gasteiger partial charge in [-0.25, -0.2) is 0 Å². The minimum absolute atomic E-state index is 0.0627. The van der Waals surface area contributed by atoms with Crippen LogP contribution >= 0.6 is 0 Å². The van der Waals surface area contributed by atoms with Crippen molar-refractivity contribution in [3.63, 3.8) is 0 Å². The van der Waals surface area contributed by atoms with Gasteiger partial charge in [-0.3, -0.25) is 9.69 Å². The second-order valence-electron chi connectivity index (χ2n) is 4.93. The van der Waals surface area contributed by atoms with E-state index in [-0.39, 0.29) is 5.91 Å². The first-order valence-corrected chi connectivity index (χ1v) is 7.18. The molecule has 1 amide bonds. The number of nitrogens with zero attached hydrogens (tertiary/aromatic N) is 3. The Morgan fingerprint density at radius 1 is 1.47 bits per heavy atom. The molecule has 2 rings (SSSR count). The monoisotopic (exact) mass is 265 g/mol. The standard InChI is InChI=1S/C14H23N3O2/c1-4-13-12(9-15-19-13)14(18)17-8-7-11(10-17)16(5-2)6-3/h9,11H,4-8,10H2,1-3H3/t11-/m1/s1. The van der Waals surface area contributed by atoms with Gasteiger partial charge in [-0.1, -0.05) is 25.9 Å². The third-order valence-corrected chi connectivity index (χ3v) is 3.98. The second-order valence-corrected chi connectivity index (χ2v) is 4.93. The van der Waals surface area contributed by atoms with Crippen LogP contribution in [0.4, 0.5) is 0 Å². The molecule has 106 valence electrons. The molecule has 0 spiro atoms. The van der Waals surface area contributed by atoms with Crippen LogP contribution in [0.2, 0.25) is 0 Å². The lowest BCUT2D eigenvalue weighted by molar-refractivity contribution is 0.0775. The Hall–Kier alpha value is -1.36. The van der Waals surface area contributed by atoms with E-state index in [1.54, 1.807) is 6.20 Å². The van der Waals surface area contributed by atoms with Gasteiger partial charge in [0.25, 0.3) is 5.91 Å². The van der Waals surface area contributed by atoms with Crippen molar-refractivity contribution >= 4 is 5.91 Å². The van der Waals surface area contributed by atoms with Crippen LogP contribution in [-0.2, 0) is 6.42 Å². The van der Waals surface area contributed by atoms with Crippen molar-refractivity contribution in [3.05, 3.63) is 17.5 Å². The molecular formula is C14H23N3O2. The fraction of sp³-hybridized carbons (Fsp3) is 0.714. The van der Waals surface area contributed by atoms with E-state index in [9.17, 15) is 4.79 Å². The highest BCUT2D eigenvalue weighted by atomic mass is 16.5. The molecule has 5 nitrogen and oxygen atoms in total. The summed E-state index contributed by atoms with van der Waals surface area (Å²) in [6.45, 7) is 10.0. The van der Waals surface area contributed by atoms with Gasteiger partial charge >= 0.3 is 0 Å². The van der Waals surface area contributed by atoms with Crippen LogP contribution in [-0.4, -0.2) is 53.1 Å². The van der Waals surface area contributed by atoms with E-state index < -0.39 is 0 Å². The van der Waals surface area contributed by atoms with E-state index in [0.29, 0.717) is 23.8 Å². The number of amides is 1. The maximum atomic E-state index is 12.4. The average molecular weight is 265 g/mol. The lowest BCUT2D eigenvalue weighted by atomic mass is 10.2. The summed E-state index contributed by atoms with van der Waals surface area (Å²) in [5.74, 6) is 0.754. The van der Waals surface area contributed by atoms with Gasteiger partial charge in [-0.15, -0.1) is 0 Å². The SMILES string of the molecule is CCc1oncc1C(=O)N1CC[C@@H](N(CC)CC)C1. The van der Waals surface area contributed by atoms with E-state index in [0.717, 1.165) is 32.6 Å². The number of aryl methyl sites for hydroxylation is 1. The predicted octanol–water partition coefficient (Wildman–Crippen LogP) is 1.79. The van der Waals surface area contributed by atoms with E-state index in [2.05, 4.69) is 23.9 Å². The number of hydrogen-bond donors (Lipinski definition) is 0. The van der Waals surface area contributed by atoms with Crippen molar-refractivity contribution in [2.75, 3.05) is 26.2 Å². The second kappa shape index (κ2) is 6.19. The maximum absolute atomic E-state index is 12.4. The van der Waals surface area contributed by atoms with Crippen molar-refractivity contribution in [2.24, 2.45) is 0 Å². The Balaban J connectivity index is 2.03. The molecule has 5 heteroatoms. The van der Waals surface area contributed by atoms with Crippen LogP contribution in [0.3, 0.4) is 0 Å². The number of hydrogen-bond acceptors (Lipinski definition) is 4. The molecule has 1 aliphatic heterocycles. The minimum atomic E-state index is 0.0627. The lowest BCUT2D eigenvalue weighted by Gasteiger charge is -2.26. The van der Waals surface area contributed by atoms with Crippen LogP contribution < -0.4 is 0 Å². The van der Waals surface area contributed by atoms with Crippen LogP contribution in [0.5, 0.6) is 0 Å². The zero-order valence-electron chi connectivity index (χ0n) is 12.1. The van der Waals surface area contributed by atoms with Crippen LogP contribution in [0.1, 0.15) is 43.3 Å². The van der Waals surface area contributed by atoms with Gasteiger partial charge in [0.2, 0.25) is 0 Å². The fourth-order valence-corrected chi connectivity index (χ4v) is 2.83. The lowest BCUT2D eigenvalue weighted by Crippen LogP contribution is -2.38. The van der Waals surface area contributed by atoms with E-state index in [1.165, 1.54) is 0 Å². The molecule has 2 heterocycles. The average Bonchev–Trinajstić information content (AvgIpc) is 3.08. The number of aromatic nitrogens is 1. The van der Waals surface area contributed by atoms with Gasteiger partial charge in [-0.05, 0) is 19.5 Å². The summed E-state index contributed by atoms with van der Waals surface area (Å²) < 4.78 is 5.10. The van der Waals surface area contributed by atoms with Gasteiger partial charge in [0.05, 0.1) is 6.20 Å². The highest BCUT2D eigenvalue weighted by Gasteiger charge is 2.31. The third kappa shape index (κ3) is 2.81. The molecule has 0 bridgehead atoms. The number of likely N-dealkylation sites (tertiary alicyclic amines) is 1. The Morgan fingerprint density at radius 2 is 2.21 bits per heavy atom. The number of likely N-dealkylation sites (N-methyl/N-ethyl adjacent to an activating group) is 1. The fourth-order valence-electron chi connectivity index (χ4n) is 2.83. The first-order chi connectivity index (χ1) is 9.21. The molecular weight excluding hydrogens is 242 g/mol. The summed E-state index contributed by atoms with van der Waals surface area (Å²) in [5, 5.41) is 3.74. The van der Waals surface area contributed by atoms with Crippen molar-refractivity contribution < 1.29 is 9.32 Å². The van der Waals surface area contributed by atoms with Gasteiger partial charge < -0.3 is 9.42 Å².